The van der Waals surface area contributed by atoms with E-state index in [9.17, 15) is 0 Å². The van der Waals surface area contributed by atoms with E-state index in [1.165, 1.54) is 43.8 Å². The third-order valence-corrected chi connectivity index (χ3v) is 9.51. The first-order chi connectivity index (χ1) is 24.8. The highest BCUT2D eigenvalue weighted by Crippen LogP contribution is 2.39. The van der Waals surface area contributed by atoms with E-state index in [-0.39, 0.29) is 0 Å². The molecule has 0 atom stereocenters. The fourth-order valence-electron chi connectivity index (χ4n) is 6.98. The minimum Gasteiger partial charge on any atom is -0.387 e. The molecule has 8 aromatic rings. The van der Waals surface area contributed by atoms with Crippen molar-refractivity contribution >= 4 is 27.1 Å². The van der Waals surface area contributed by atoms with Crippen molar-refractivity contribution in [2.45, 2.75) is 0 Å². The molecule has 0 radical (unpaired) electrons. The van der Waals surface area contributed by atoms with Crippen LogP contribution in [0.3, 0.4) is 0 Å². The summed E-state index contributed by atoms with van der Waals surface area (Å²) < 4.78 is 0. The molecule has 1 aromatic heterocycles. The highest BCUT2D eigenvalue weighted by molar-refractivity contribution is 6.14. The van der Waals surface area contributed by atoms with Gasteiger partial charge in [-0.15, -0.1) is 0 Å². The molecule has 1 N–H and O–H groups in total. The Balaban J connectivity index is 1.25. The quantitative estimate of drug-likeness (QED) is 0.184. The van der Waals surface area contributed by atoms with Crippen LogP contribution < -0.4 is 5.32 Å². The summed E-state index contributed by atoms with van der Waals surface area (Å²) in [6.45, 7) is 0.791. The number of aromatic nitrogens is 2. The maximum Gasteiger partial charge on any atom is 0.160 e. The van der Waals surface area contributed by atoms with Crippen molar-refractivity contribution in [3.63, 3.8) is 0 Å². The fourth-order valence-corrected chi connectivity index (χ4v) is 6.98. The smallest absolute Gasteiger partial charge is 0.160 e. The third kappa shape index (κ3) is 5.65. The van der Waals surface area contributed by atoms with Crippen LogP contribution in [0, 0.1) is 0 Å². The number of nitrogens with zero attached hydrogens (tertiary/aromatic N) is 2. The molecule has 0 saturated carbocycles. The number of dihydropyridines is 1. The Morgan fingerprint density at radius 2 is 1.00 bits per heavy atom. The predicted octanol–water partition coefficient (Wildman–Crippen LogP) is 11.6. The molecule has 0 unspecified atom stereocenters. The lowest BCUT2D eigenvalue weighted by Crippen LogP contribution is -2.08. The molecule has 2 heterocycles. The second kappa shape index (κ2) is 12.8. The number of rotatable bonds is 6. The maximum absolute atomic E-state index is 5.24. The van der Waals surface area contributed by atoms with E-state index in [1.807, 2.05) is 30.5 Å². The van der Waals surface area contributed by atoms with Gasteiger partial charge in [0.05, 0.1) is 11.4 Å². The molecule has 3 nitrogen and oxygen atoms in total. The van der Waals surface area contributed by atoms with E-state index >= 15 is 0 Å². The molecule has 236 valence electrons. The minimum atomic E-state index is 0.703. The second-order valence-corrected chi connectivity index (χ2v) is 12.7. The molecule has 9 rings (SSSR count). The van der Waals surface area contributed by atoms with E-state index in [1.54, 1.807) is 0 Å². The van der Waals surface area contributed by atoms with Gasteiger partial charge in [-0.05, 0) is 97.5 Å². The van der Waals surface area contributed by atoms with Gasteiger partial charge in [0.25, 0.3) is 0 Å². The SMILES string of the molecule is C1=CC(c2cc(-c3cc(-c4ccc(-c5ccccc5)cc4)nc(-c4ccccc4)n3)cc(-c3cc4ccccc4c4ccccc34)c2)=CCN1. The Morgan fingerprint density at radius 3 is 1.74 bits per heavy atom. The first-order valence-corrected chi connectivity index (χ1v) is 17.0. The fraction of sp³-hybridized carbons (Fsp3) is 0.0213. The zero-order chi connectivity index (χ0) is 33.3. The van der Waals surface area contributed by atoms with Gasteiger partial charge in [-0.3, -0.25) is 0 Å². The lowest BCUT2D eigenvalue weighted by Gasteiger charge is -2.16. The van der Waals surface area contributed by atoms with Crippen LogP contribution in [0.5, 0.6) is 0 Å². The topological polar surface area (TPSA) is 37.8 Å². The largest absolute Gasteiger partial charge is 0.387 e. The predicted molar refractivity (Wildman–Crippen MR) is 209 cm³/mol. The molecule has 0 bridgehead atoms. The highest BCUT2D eigenvalue weighted by Gasteiger charge is 2.16. The average molecular weight is 640 g/mol. The zero-order valence-corrected chi connectivity index (χ0v) is 27.4. The highest BCUT2D eigenvalue weighted by atomic mass is 14.9. The van der Waals surface area contributed by atoms with Crippen molar-refractivity contribution < 1.29 is 0 Å². The van der Waals surface area contributed by atoms with Crippen molar-refractivity contribution in [2.75, 3.05) is 6.54 Å². The molecule has 0 amide bonds. The van der Waals surface area contributed by atoms with Gasteiger partial charge in [0.2, 0.25) is 0 Å². The monoisotopic (exact) mass is 639 g/mol. The van der Waals surface area contributed by atoms with Crippen LogP contribution in [-0.4, -0.2) is 16.5 Å². The van der Waals surface area contributed by atoms with Crippen molar-refractivity contribution in [3.05, 3.63) is 188 Å². The molecule has 3 heteroatoms. The van der Waals surface area contributed by atoms with Crippen LogP contribution in [0.4, 0.5) is 0 Å². The Bertz CT molecular complexity index is 2570. The van der Waals surface area contributed by atoms with Gasteiger partial charge in [-0.2, -0.15) is 0 Å². The first-order valence-electron chi connectivity index (χ1n) is 17.0. The number of nitrogens with one attached hydrogen (secondary N) is 1. The lowest BCUT2D eigenvalue weighted by molar-refractivity contribution is 0.976. The summed E-state index contributed by atoms with van der Waals surface area (Å²) in [5.41, 5.74) is 11.9. The van der Waals surface area contributed by atoms with Crippen molar-refractivity contribution in [3.8, 4) is 56.2 Å². The van der Waals surface area contributed by atoms with Crippen LogP contribution in [0.15, 0.2) is 182 Å². The van der Waals surface area contributed by atoms with E-state index < -0.39 is 0 Å². The minimum absolute atomic E-state index is 0.703. The number of fused-ring (bicyclic) bond motifs is 3. The normalized spacial score (nSPS) is 12.5. The van der Waals surface area contributed by atoms with Crippen LogP contribution in [0.25, 0.3) is 83.3 Å². The molecule has 1 aliphatic rings. The molecular weight excluding hydrogens is 607 g/mol. The summed E-state index contributed by atoms with van der Waals surface area (Å²) in [4.78, 5) is 10.4. The van der Waals surface area contributed by atoms with Gasteiger partial charge in [0.15, 0.2) is 5.82 Å². The van der Waals surface area contributed by atoms with Crippen molar-refractivity contribution in [1.29, 1.82) is 0 Å². The van der Waals surface area contributed by atoms with Crippen molar-refractivity contribution in [2.24, 2.45) is 0 Å². The summed E-state index contributed by atoms with van der Waals surface area (Å²) in [5, 5.41) is 8.28. The number of benzene rings is 7. The third-order valence-electron chi connectivity index (χ3n) is 9.51. The first kappa shape index (κ1) is 29.6. The maximum atomic E-state index is 5.24. The second-order valence-electron chi connectivity index (χ2n) is 12.7. The molecule has 0 fully saturated rings. The van der Waals surface area contributed by atoms with Crippen molar-refractivity contribution in [1.82, 2.24) is 15.3 Å². The molecule has 1 aliphatic heterocycles. The summed E-state index contributed by atoms with van der Waals surface area (Å²) >= 11 is 0. The van der Waals surface area contributed by atoms with Gasteiger partial charge < -0.3 is 5.32 Å². The lowest BCUT2D eigenvalue weighted by atomic mass is 9.89. The molecule has 0 spiro atoms. The van der Waals surface area contributed by atoms with E-state index in [2.05, 4.69) is 157 Å². The van der Waals surface area contributed by atoms with Gasteiger partial charge in [-0.25, -0.2) is 9.97 Å². The zero-order valence-electron chi connectivity index (χ0n) is 27.4. The molecular formula is C47H33N3. The van der Waals surface area contributed by atoms with Crippen LogP contribution in [-0.2, 0) is 0 Å². The molecule has 0 aliphatic carbocycles. The van der Waals surface area contributed by atoms with E-state index in [4.69, 9.17) is 9.97 Å². The summed E-state index contributed by atoms with van der Waals surface area (Å²) in [7, 11) is 0. The van der Waals surface area contributed by atoms with Crippen LogP contribution in [0.1, 0.15) is 5.56 Å². The van der Waals surface area contributed by atoms with Gasteiger partial charge in [0, 0.05) is 23.2 Å². The number of allylic oxidation sites excluding steroid dienone is 2. The summed E-state index contributed by atoms with van der Waals surface area (Å²) in [5.74, 6) is 0.703. The Hall–Kier alpha value is -6.58. The Kier molecular flexibility index (Phi) is 7.56. The Labute approximate surface area is 292 Å². The number of hydrogen-bond acceptors (Lipinski definition) is 3. The van der Waals surface area contributed by atoms with Gasteiger partial charge >= 0.3 is 0 Å². The average Bonchev–Trinajstić information content (AvgIpc) is 3.21. The molecule has 50 heavy (non-hydrogen) atoms. The molecule has 0 saturated heterocycles. The summed E-state index contributed by atoms with van der Waals surface area (Å²) in [6, 6.07) is 58.2. The van der Waals surface area contributed by atoms with Crippen LogP contribution >= 0.6 is 0 Å². The van der Waals surface area contributed by atoms with E-state index in [0.29, 0.717) is 5.82 Å². The Morgan fingerprint density at radius 1 is 0.420 bits per heavy atom. The standard InChI is InChI=1S/C47H33N3/c1-3-11-32(12-4-1)33-19-21-35(22-20-33)45-31-46(50-47(49-45)36-13-5-2-6-14-36)40-28-38(34-23-25-48-26-24-34)27-39(29-40)44-30-37-15-7-8-16-41(37)42-17-9-10-18-43(42)44/h1-25,27-31,48H,26H2. The van der Waals surface area contributed by atoms with Crippen LogP contribution in [0.2, 0.25) is 0 Å². The van der Waals surface area contributed by atoms with Gasteiger partial charge in [0.1, 0.15) is 0 Å². The molecule has 7 aromatic carbocycles. The van der Waals surface area contributed by atoms with Gasteiger partial charge in [-0.1, -0.05) is 140 Å². The van der Waals surface area contributed by atoms with E-state index in [0.717, 1.165) is 45.7 Å². The summed E-state index contributed by atoms with van der Waals surface area (Å²) in [6.07, 6.45) is 6.43. The number of hydrogen-bond donors (Lipinski definition) is 1.